The van der Waals surface area contributed by atoms with E-state index in [0.29, 0.717) is 6.04 Å². The summed E-state index contributed by atoms with van der Waals surface area (Å²) < 4.78 is 12.9. The molecule has 2 rings (SSSR count). The van der Waals surface area contributed by atoms with Crippen LogP contribution in [0.25, 0.3) is 0 Å². The first-order chi connectivity index (χ1) is 7.16. The summed E-state index contributed by atoms with van der Waals surface area (Å²) in [5, 5.41) is 3.25. The van der Waals surface area contributed by atoms with Gasteiger partial charge in [-0.25, -0.2) is 4.39 Å². The number of nitrogens with zero attached hydrogens (tertiary/aromatic N) is 1. The highest BCUT2D eigenvalue weighted by atomic mass is 35.5. The van der Waals surface area contributed by atoms with Gasteiger partial charge in [0.2, 0.25) is 0 Å². The van der Waals surface area contributed by atoms with Crippen LogP contribution in [0.5, 0.6) is 0 Å². The highest BCUT2D eigenvalue weighted by Gasteiger charge is 2.21. The minimum atomic E-state index is -0.149. The fraction of sp³-hybridized carbons (Fsp3) is 0.500. The van der Waals surface area contributed by atoms with Crippen molar-refractivity contribution in [3.8, 4) is 0 Å². The minimum absolute atomic E-state index is 0. The van der Waals surface area contributed by atoms with Crippen LogP contribution in [-0.4, -0.2) is 31.1 Å². The Morgan fingerprint density at radius 2 is 2.12 bits per heavy atom. The van der Waals surface area contributed by atoms with Crippen LogP contribution in [0.2, 0.25) is 0 Å². The van der Waals surface area contributed by atoms with Gasteiger partial charge in [-0.05, 0) is 37.2 Å². The quantitative estimate of drug-likeness (QED) is 0.875. The second-order valence-corrected chi connectivity index (χ2v) is 4.30. The number of rotatable bonds is 3. The van der Waals surface area contributed by atoms with Crippen LogP contribution < -0.4 is 5.32 Å². The molecule has 1 aliphatic rings. The average molecular weight is 245 g/mol. The van der Waals surface area contributed by atoms with Gasteiger partial charge in [-0.3, -0.25) is 4.90 Å². The van der Waals surface area contributed by atoms with E-state index in [4.69, 9.17) is 0 Å². The molecule has 0 aromatic heterocycles. The van der Waals surface area contributed by atoms with Crippen molar-refractivity contribution in [2.45, 2.75) is 19.5 Å². The van der Waals surface area contributed by atoms with Crippen molar-refractivity contribution < 1.29 is 4.39 Å². The predicted octanol–water partition coefficient (Wildman–Crippen LogP) is 1.96. The molecule has 0 saturated carbocycles. The lowest BCUT2D eigenvalue weighted by atomic mass is 10.1. The SMILES string of the molecule is Cc1cc(F)ccc1CN(C)C1CNC1.Cl. The molecule has 0 aliphatic carbocycles. The number of halogens is 2. The fourth-order valence-corrected chi connectivity index (χ4v) is 1.82. The van der Waals surface area contributed by atoms with Crippen molar-refractivity contribution in [3.63, 3.8) is 0 Å². The summed E-state index contributed by atoms with van der Waals surface area (Å²) in [5.74, 6) is -0.149. The molecule has 0 atom stereocenters. The fourth-order valence-electron chi connectivity index (χ4n) is 1.82. The molecule has 1 aliphatic heterocycles. The normalized spacial score (nSPS) is 15.8. The van der Waals surface area contributed by atoms with Crippen LogP contribution in [0.4, 0.5) is 4.39 Å². The van der Waals surface area contributed by atoms with E-state index in [9.17, 15) is 4.39 Å². The molecule has 2 nitrogen and oxygen atoms in total. The van der Waals surface area contributed by atoms with E-state index in [2.05, 4.69) is 17.3 Å². The van der Waals surface area contributed by atoms with Crippen LogP contribution in [-0.2, 0) is 6.54 Å². The van der Waals surface area contributed by atoms with Crippen molar-refractivity contribution in [2.24, 2.45) is 0 Å². The predicted molar refractivity (Wildman–Crippen MR) is 66.5 cm³/mol. The molecule has 0 unspecified atom stereocenters. The van der Waals surface area contributed by atoms with Gasteiger partial charge in [0.05, 0.1) is 0 Å². The average Bonchev–Trinajstić information content (AvgIpc) is 2.07. The van der Waals surface area contributed by atoms with Gasteiger partial charge in [0.15, 0.2) is 0 Å². The molecular formula is C12H18ClFN2. The summed E-state index contributed by atoms with van der Waals surface area (Å²) in [6.07, 6.45) is 0. The van der Waals surface area contributed by atoms with Gasteiger partial charge in [-0.1, -0.05) is 6.07 Å². The Balaban J connectivity index is 0.00000128. The van der Waals surface area contributed by atoms with E-state index < -0.39 is 0 Å². The van der Waals surface area contributed by atoms with Gasteiger partial charge in [0, 0.05) is 25.7 Å². The van der Waals surface area contributed by atoms with Gasteiger partial charge in [0.1, 0.15) is 5.82 Å². The Kier molecular flexibility index (Phi) is 4.71. The Morgan fingerprint density at radius 1 is 1.44 bits per heavy atom. The van der Waals surface area contributed by atoms with Crippen molar-refractivity contribution >= 4 is 12.4 Å². The molecule has 1 N–H and O–H groups in total. The molecule has 1 fully saturated rings. The second-order valence-electron chi connectivity index (χ2n) is 4.30. The van der Waals surface area contributed by atoms with Crippen LogP contribution in [0, 0.1) is 12.7 Å². The van der Waals surface area contributed by atoms with E-state index in [0.717, 1.165) is 25.2 Å². The summed E-state index contributed by atoms with van der Waals surface area (Å²) in [6.45, 7) is 5.00. The van der Waals surface area contributed by atoms with Crippen molar-refractivity contribution in [3.05, 3.63) is 35.1 Å². The Morgan fingerprint density at radius 3 is 2.62 bits per heavy atom. The first-order valence-corrected chi connectivity index (χ1v) is 5.33. The number of hydrogen-bond donors (Lipinski definition) is 1. The summed E-state index contributed by atoms with van der Waals surface area (Å²) in [5.41, 5.74) is 2.25. The summed E-state index contributed by atoms with van der Waals surface area (Å²) >= 11 is 0. The third-order valence-corrected chi connectivity index (χ3v) is 3.11. The first-order valence-electron chi connectivity index (χ1n) is 5.33. The first kappa shape index (κ1) is 13.4. The molecule has 0 amide bonds. The lowest BCUT2D eigenvalue weighted by Gasteiger charge is -2.35. The monoisotopic (exact) mass is 244 g/mol. The van der Waals surface area contributed by atoms with Crippen molar-refractivity contribution in [1.82, 2.24) is 10.2 Å². The molecule has 1 saturated heterocycles. The summed E-state index contributed by atoms with van der Waals surface area (Å²) in [6, 6.07) is 5.65. The maximum absolute atomic E-state index is 12.9. The lowest BCUT2D eigenvalue weighted by molar-refractivity contribution is 0.173. The Hall–Kier alpha value is -0.640. The molecule has 1 aromatic carbocycles. The third kappa shape index (κ3) is 2.94. The zero-order valence-electron chi connectivity index (χ0n) is 9.66. The Bertz CT molecular complexity index is 353. The number of aryl methyl sites for hydroxylation is 1. The maximum Gasteiger partial charge on any atom is 0.123 e. The number of hydrogen-bond acceptors (Lipinski definition) is 2. The standard InChI is InChI=1S/C12H17FN2.ClH/c1-9-5-11(13)4-3-10(9)8-15(2)12-6-14-7-12;/h3-5,12,14H,6-8H2,1-2H3;1H. The lowest BCUT2D eigenvalue weighted by Crippen LogP contribution is -2.55. The molecule has 90 valence electrons. The largest absolute Gasteiger partial charge is 0.314 e. The molecule has 1 aromatic rings. The second kappa shape index (κ2) is 5.62. The van der Waals surface area contributed by atoms with Crippen molar-refractivity contribution in [1.29, 1.82) is 0 Å². The topological polar surface area (TPSA) is 15.3 Å². The highest BCUT2D eigenvalue weighted by molar-refractivity contribution is 5.85. The van der Waals surface area contributed by atoms with E-state index in [-0.39, 0.29) is 18.2 Å². The van der Waals surface area contributed by atoms with E-state index in [1.54, 1.807) is 6.07 Å². The van der Waals surface area contributed by atoms with E-state index >= 15 is 0 Å². The van der Waals surface area contributed by atoms with Crippen LogP contribution >= 0.6 is 12.4 Å². The van der Waals surface area contributed by atoms with Crippen molar-refractivity contribution in [2.75, 3.05) is 20.1 Å². The number of benzene rings is 1. The van der Waals surface area contributed by atoms with Gasteiger partial charge in [0.25, 0.3) is 0 Å². The molecule has 1 heterocycles. The number of nitrogens with one attached hydrogen (secondary N) is 1. The highest BCUT2D eigenvalue weighted by Crippen LogP contribution is 2.14. The van der Waals surface area contributed by atoms with Gasteiger partial charge in [-0.15, -0.1) is 12.4 Å². The zero-order chi connectivity index (χ0) is 10.8. The molecule has 0 spiro atoms. The smallest absolute Gasteiger partial charge is 0.123 e. The van der Waals surface area contributed by atoms with Gasteiger partial charge >= 0.3 is 0 Å². The van der Waals surface area contributed by atoms with Crippen LogP contribution in [0.3, 0.4) is 0 Å². The molecule has 16 heavy (non-hydrogen) atoms. The van der Waals surface area contributed by atoms with Crippen LogP contribution in [0.15, 0.2) is 18.2 Å². The third-order valence-electron chi connectivity index (χ3n) is 3.11. The summed E-state index contributed by atoms with van der Waals surface area (Å²) in [7, 11) is 2.12. The van der Waals surface area contributed by atoms with E-state index in [1.807, 2.05) is 13.0 Å². The van der Waals surface area contributed by atoms with E-state index in [1.165, 1.54) is 11.6 Å². The van der Waals surface area contributed by atoms with Crippen LogP contribution in [0.1, 0.15) is 11.1 Å². The van der Waals surface area contributed by atoms with Gasteiger partial charge < -0.3 is 5.32 Å². The maximum atomic E-state index is 12.9. The molecule has 0 bridgehead atoms. The zero-order valence-corrected chi connectivity index (χ0v) is 10.5. The molecule has 0 radical (unpaired) electrons. The molecular weight excluding hydrogens is 227 g/mol. The number of likely N-dealkylation sites (N-methyl/N-ethyl adjacent to an activating group) is 1. The molecule has 4 heteroatoms. The summed E-state index contributed by atoms with van der Waals surface area (Å²) in [4.78, 5) is 2.32. The minimum Gasteiger partial charge on any atom is -0.314 e. The Labute approximate surface area is 102 Å². The van der Waals surface area contributed by atoms with Gasteiger partial charge in [-0.2, -0.15) is 0 Å².